The predicted octanol–water partition coefficient (Wildman–Crippen LogP) is 2.09. The number of rotatable bonds is 6. The van der Waals surface area contributed by atoms with Gasteiger partial charge in [-0.25, -0.2) is 12.8 Å². The highest BCUT2D eigenvalue weighted by atomic mass is 32.2. The molecule has 0 aliphatic heterocycles. The first-order chi connectivity index (χ1) is 9.96. The second-order valence-corrected chi connectivity index (χ2v) is 6.53. The summed E-state index contributed by atoms with van der Waals surface area (Å²) in [5.41, 5.74) is 0.782. The normalized spacial score (nSPS) is 11.6. The van der Waals surface area contributed by atoms with E-state index in [1.165, 1.54) is 31.4 Å². The molecule has 0 saturated heterocycles. The largest absolute Gasteiger partial charge is 0.363 e. The molecule has 2 rings (SSSR count). The highest BCUT2D eigenvalue weighted by molar-refractivity contribution is 7.92. The quantitative estimate of drug-likeness (QED) is 0.858. The minimum atomic E-state index is -3.78. The second kappa shape index (κ2) is 6.28. The van der Waals surface area contributed by atoms with E-state index in [1.54, 1.807) is 12.1 Å². The zero-order chi connectivity index (χ0) is 15.5. The van der Waals surface area contributed by atoms with Crippen LogP contribution in [-0.4, -0.2) is 27.0 Å². The van der Waals surface area contributed by atoms with Crippen molar-refractivity contribution in [3.63, 3.8) is 0 Å². The average molecular weight is 311 g/mol. The van der Waals surface area contributed by atoms with Gasteiger partial charge in [-0.05, 0) is 24.7 Å². The van der Waals surface area contributed by atoms with Crippen LogP contribution in [0.2, 0.25) is 0 Å². The molecule has 0 atom stereocenters. The topological polar surface area (TPSA) is 65.2 Å². The van der Waals surface area contributed by atoms with Crippen molar-refractivity contribution >= 4 is 15.7 Å². The summed E-state index contributed by atoms with van der Waals surface area (Å²) in [5, 5.41) is 3.10. The number of hydrogen-bond acceptors (Lipinski definition) is 3. The lowest BCUT2D eigenvalue weighted by Crippen LogP contribution is -2.27. The molecule has 0 aliphatic rings. The summed E-state index contributed by atoms with van der Waals surface area (Å²) in [7, 11) is -2.45. The molecule has 5 nitrogen and oxygen atoms in total. The number of anilines is 1. The third-order valence-corrected chi connectivity index (χ3v) is 4.88. The van der Waals surface area contributed by atoms with Crippen LogP contribution in [0.1, 0.15) is 12.6 Å². The molecule has 0 fully saturated rings. The van der Waals surface area contributed by atoms with Crippen LogP contribution in [0.4, 0.5) is 10.1 Å². The van der Waals surface area contributed by atoms with E-state index in [0.29, 0.717) is 6.54 Å². The minimum Gasteiger partial charge on any atom is -0.363 e. The predicted molar refractivity (Wildman–Crippen MR) is 80.2 cm³/mol. The van der Waals surface area contributed by atoms with E-state index in [1.807, 2.05) is 6.92 Å². The first kappa shape index (κ1) is 15.5. The Hall–Kier alpha value is -1.86. The maximum atomic E-state index is 13.7. The summed E-state index contributed by atoms with van der Waals surface area (Å²) in [6.45, 7) is 3.30. The van der Waals surface area contributed by atoms with E-state index in [9.17, 15) is 12.8 Å². The smallest absolute Gasteiger partial charge is 0.265 e. The standard InChI is InChI=1S/C14H18FN3O2S/c1-3-16-9-11-8-12(10-17-11)21(19,20)18(2)14-7-5-4-6-13(14)15/h4-8,10,16-17H,3,9H2,1-2H3. The summed E-state index contributed by atoms with van der Waals surface area (Å²) >= 11 is 0. The van der Waals surface area contributed by atoms with Gasteiger partial charge in [0.05, 0.1) is 5.69 Å². The maximum absolute atomic E-state index is 13.7. The van der Waals surface area contributed by atoms with Crippen LogP contribution in [0.15, 0.2) is 41.4 Å². The van der Waals surface area contributed by atoms with Crippen LogP contribution in [0.5, 0.6) is 0 Å². The van der Waals surface area contributed by atoms with Gasteiger partial charge in [0.1, 0.15) is 10.7 Å². The molecule has 0 spiro atoms. The first-order valence-corrected chi connectivity index (χ1v) is 8.02. The van der Waals surface area contributed by atoms with Crippen molar-refractivity contribution < 1.29 is 12.8 Å². The summed E-state index contributed by atoms with van der Waals surface area (Å²) < 4.78 is 39.7. The van der Waals surface area contributed by atoms with Gasteiger partial charge in [-0.3, -0.25) is 4.31 Å². The fourth-order valence-corrected chi connectivity index (χ4v) is 3.15. The van der Waals surface area contributed by atoms with Crippen LogP contribution in [0.3, 0.4) is 0 Å². The van der Waals surface area contributed by atoms with E-state index in [4.69, 9.17) is 0 Å². The van der Waals surface area contributed by atoms with Crippen LogP contribution in [-0.2, 0) is 16.6 Å². The van der Waals surface area contributed by atoms with Crippen molar-refractivity contribution in [2.75, 3.05) is 17.9 Å². The molecular weight excluding hydrogens is 293 g/mol. The van der Waals surface area contributed by atoms with Gasteiger partial charge in [-0.1, -0.05) is 19.1 Å². The number of halogens is 1. The lowest BCUT2D eigenvalue weighted by molar-refractivity contribution is 0.590. The summed E-state index contributed by atoms with van der Waals surface area (Å²) in [5.74, 6) is -0.577. The van der Waals surface area contributed by atoms with Gasteiger partial charge in [0, 0.05) is 25.5 Å². The van der Waals surface area contributed by atoms with E-state index in [-0.39, 0.29) is 10.6 Å². The number of hydrogen-bond donors (Lipinski definition) is 2. The maximum Gasteiger partial charge on any atom is 0.265 e. The Labute approximate surface area is 123 Å². The van der Waals surface area contributed by atoms with Gasteiger partial charge >= 0.3 is 0 Å². The fraction of sp³-hybridized carbons (Fsp3) is 0.286. The van der Waals surface area contributed by atoms with Crippen LogP contribution in [0, 0.1) is 5.82 Å². The molecule has 0 unspecified atom stereocenters. The molecule has 0 bridgehead atoms. The minimum absolute atomic E-state index is 0.0203. The van der Waals surface area contributed by atoms with Gasteiger partial charge in [0.2, 0.25) is 0 Å². The summed E-state index contributed by atoms with van der Waals surface area (Å²) in [6, 6.07) is 7.33. The molecule has 1 aromatic carbocycles. The van der Waals surface area contributed by atoms with Gasteiger partial charge in [-0.15, -0.1) is 0 Å². The van der Waals surface area contributed by atoms with Gasteiger partial charge in [0.25, 0.3) is 10.0 Å². The third-order valence-electron chi connectivity index (χ3n) is 3.13. The lowest BCUT2D eigenvalue weighted by Gasteiger charge is -2.19. The van der Waals surface area contributed by atoms with Gasteiger partial charge in [0.15, 0.2) is 0 Å². The second-order valence-electron chi connectivity index (χ2n) is 4.56. The highest BCUT2D eigenvalue weighted by Crippen LogP contribution is 2.24. The number of nitrogens with zero attached hydrogens (tertiary/aromatic N) is 1. The Bertz CT molecular complexity index is 713. The number of sulfonamides is 1. The number of para-hydroxylation sites is 1. The molecule has 0 radical (unpaired) electrons. The highest BCUT2D eigenvalue weighted by Gasteiger charge is 2.24. The Morgan fingerprint density at radius 2 is 2.05 bits per heavy atom. The molecular formula is C14H18FN3O2S. The number of aromatic nitrogens is 1. The monoisotopic (exact) mass is 311 g/mol. The first-order valence-electron chi connectivity index (χ1n) is 6.58. The molecule has 0 aliphatic carbocycles. The third kappa shape index (κ3) is 3.25. The number of H-pyrrole nitrogens is 1. The van der Waals surface area contributed by atoms with Gasteiger partial charge < -0.3 is 10.3 Å². The van der Waals surface area contributed by atoms with Crippen LogP contribution in [0.25, 0.3) is 0 Å². The molecule has 21 heavy (non-hydrogen) atoms. The number of benzene rings is 1. The molecule has 1 aromatic heterocycles. The molecule has 2 aromatic rings. The van der Waals surface area contributed by atoms with Crippen molar-refractivity contribution in [2.24, 2.45) is 0 Å². The Kier molecular flexibility index (Phi) is 4.64. The fourth-order valence-electron chi connectivity index (χ4n) is 1.92. The molecule has 1 heterocycles. The molecule has 0 amide bonds. The summed E-state index contributed by atoms with van der Waals surface area (Å²) in [4.78, 5) is 3.02. The molecule has 7 heteroatoms. The van der Waals surface area contributed by atoms with Crippen LogP contribution >= 0.6 is 0 Å². The summed E-state index contributed by atoms with van der Waals surface area (Å²) in [6.07, 6.45) is 1.42. The Morgan fingerprint density at radius 3 is 2.71 bits per heavy atom. The Balaban J connectivity index is 2.29. The van der Waals surface area contributed by atoms with E-state index in [0.717, 1.165) is 16.5 Å². The molecule has 114 valence electrons. The SMILES string of the molecule is CCNCc1cc(S(=O)(=O)N(C)c2ccccc2F)c[nH]1. The number of aromatic amines is 1. The molecule has 2 N–H and O–H groups in total. The van der Waals surface area contributed by atoms with Crippen molar-refractivity contribution in [2.45, 2.75) is 18.4 Å². The Morgan fingerprint density at radius 1 is 1.33 bits per heavy atom. The van der Waals surface area contributed by atoms with Crippen LogP contribution < -0.4 is 9.62 Å². The van der Waals surface area contributed by atoms with E-state index < -0.39 is 15.8 Å². The van der Waals surface area contributed by atoms with E-state index >= 15 is 0 Å². The lowest BCUT2D eigenvalue weighted by atomic mass is 10.3. The van der Waals surface area contributed by atoms with Crippen molar-refractivity contribution in [3.8, 4) is 0 Å². The van der Waals surface area contributed by atoms with Crippen molar-refractivity contribution in [1.29, 1.82) is 0 Å². The average Bonchev–Trinajstić information content (AvgIpc) is 2.94. The van der Waals surface area contributed by atoms with Gasteiger partial charge in [-0.2, -0.15) is 0 Å². The van der Waals surface area contributed by atoms with Crippen molar-refractivity contribution in [3.05, 3.63) is 48.0 Å². The number of nitrogens with one attached hydrogen (secondary N) is 2. The van der Waals surface area contributed by atoms with E-state index in [2.05, 4.69) is 10.3 Å². The zero-order valence-corrected chi connectivity index (χ0v) is 12.7. The van der Waals surface area contributed by atoms with Crippen molar-refractivity contribution in [1.82, 2.24) is 10.3 Å². The molecule has 0 saturated carbocycles. The zero-order valence-electron chi connectivity index (χ0n) is 11.9.